The molecule has 0 radical (unpaired) electrons. The Morgan fingerprint density at radius 2 is 1.70 bits per heavy atom. The van der Waals surface area contributed by atoms with Crippen molar-refractivity contribution in [3.05, 3.63) is 101 Å². The van der Waals surface area contributed by atoms with Crippen molar-refractivity contribution < 1.29 is 24.3 Å². The lowest BCUT2D eigenvalue weighted by atomic mass is 10.0. The Kier molecular flexibility index (Phi) is 7.56. The number of piperazine rings is 1. The molecule has 11 nitrogen and oxygen atoms in total. The van der Waals surface area contributed by atoms with Gasteiger partial charge in [0.15, 0.2) is 0 Å². The molecule has 3 aromatic carbocycles. The van der Waals surface area contributed by atoms with E-state index in [0.717, 1.165) is 5.56 Å². The molecule has 3 amide bonds. The fourth-order valence-corrected chi connectivity index (χ4v) is 4.65. The zero-order valence-electron chi connectivity index (χ0n) is 21.0. The van der Waals surface area contributed by atoms with Gasteiger partial charge in [-0.05, 0) is 48.0 Å². The molecule has 1 aromatic heterocycles. The molecule has 1 unspecified atom stereocenters. The van der Waals surface area contributed by atoms with E-state index in [2.05, 4.69) is 15.6 Å². The number of carbonyl (C=O) groups excluding carboxylic acids is 3. The average molecular weight is 559 g/mol. The van der Waals surface area contributed by atoms with Crippen LogP contribution in [0.25, 0.3) is 5.69 Å². The fraction of sp³-hybridized carbons (Fsp3) is 0.143. The predicted octanol–water partition coefficient (Wildman–Crippen LogP) is 3.04. The molecule has 202 valence electrons. The van der Waals surface area contributed by atoms with E-state index < -0.39 is 29.7 Å². The summed E-state index contributed by atoms with van der Waals surface area (Å²) in [4.78, 5) is 54.3. The van der Waals surface area contributed by atoms with Crippen LogP contribution in [0.1, 0.15) is 15.9 Å². The fourth-order valence-electron chi connectivity index (χ4n) is 4.48. The van der Waals surface area contributed by atoms with Gasteiger partial charge in [-0.25, -0.2) is 9.48 Å². The van der Waals surface area contributed by atoms with Gasteiger partial charge >= 0.3 is 5.97 Å². The molecule has 4 aromatic rings. The maximum atomic E-state index is 13.5. The molecule has 1 saturated heterocycles. The summed E-state index contributed by atoms with van der Waals surface area (Å²) < 4.78 is 1.47. The summed E-state index contributed by atoms with van der Waals surface area (Å²) in [6.07, 6.45) is 3.27. The van der Waals surface area contributed by atoms with Gasteiger partial charge in [0, 0.05) is 17.1 Å². The first-order valence-corrected chi connectivity index (χ1v) is 12.6. The third-order valence-corrected chi connectivity index (χ3v) is 6.70. The molecule has 0 spiro atoms. The van der Waals surface area contributed by atoms with Crippen LogP contribution < -0.4 is 10.2 Å². The highest BCUT2D eigenvalue weighted by Crippen LogP contribution is 2.30. The SMILES string of the molecule is O=C(O)c1ccc(NC(=O)C(Cc2ccccc2)N2CC(=O)N(c3cc(Cl)ccc3-n3ccnn3)CC2=O)cc1. The number of aromatic nitrogens is 3. The topological polar surface area (TPSA) is 138 Å². The molecule has 5 rings (SSSR count). The van der Waals surface area contributed by atoms with Crippen molar-refractivity contribution in [1.29, 1.82) is 0 Å². The number of amides is 3. The van der Waals surface area contributed by atoms with E-state index >= 15 is 0 Å². The zero-order valence-corrected chi connectivity index (χ0v) is 21.7. The van der Waals surface area contributed by atoms with Crippen molar-refractivity contribution in [2.45, 2.75) is 12.5 Å². The Morgan fingerprint density at radius 3 is 2.38 bits per heavy atom. The molecule has 2 heterocycles. The van der Waals surface area contributed by atoms with E-state index in [-0.39, 0.29) is 25.1 Å². The number of hydrogen-bond donors (Lipinski definition) is 2. The molecule has 1 aliphatic rings. The summed E-state index contributed by atoms with van der Waals surface area (Å²) >= 11 is 6.23. The van der Waals surface area contributed by atoms with E-state index in [9.17, 15) is 19.2 Å². The number of carboxylic acid groups (broad SMARTS) is 1. The highest BCUT2D eigenvalue weighted by molar-refractivity contribution is 6.31. The lowest BCUT2D eigenvalue weighted by Gasteiger charge is -2.38. The number of carbonyl (C=O) groups is 4. The molecule has 0 aliphatic carbocycles. The number of nitrogens with zero attached hydrogens (tertiary/aromatic N) is 5. The van der Waals surface area contributed by atoms with E-state index in [0.29, 0.717) is 22.1 Å². The standard InChI is InChI=1S/C28H23ClN6O5/c29-20-8-11-22(35-13-12-30-32-35)23(15-20)33-16-26(37)34(17-25(33)36)24(14-18-4-2-1-3-5-18)27(38)31-21-9-6-19(7-10-21)28(39)40/h1-13,15,24H,14,16-17H2,(H,31,38)(H,39,40). The van der Waals surface area contributed by atoms with Crippen molar-refractivity contribution in [3.63, 3.8) is 0 Å². The lowest BCUT2D eigenvalue weighted by Crippen LogP contribution is -2.60. The first-order chi connectivity index (χ1) is 19.3. The monoisotopic (exact) mass is 558 g/mol. The summed E-state index contributed by atoms with van der Waals surface area (Å²) in [5, 5.41) is 20.1. The molecular weight excluding hydrogens is 536 g/mol. The van der Waals surface area contributed by atoms with Gasteiger partial charge in [0.25, 0.3) is 0 Å². The van der Waals surface area contributed by atoms with Crippen LogP contribution in [0.15, 0.2) is 85.2 Å². The van der Waals surface area contributed by atoms with Gasteiger partial charge in [0.05, 0.1) is 29.3 Å². The smallest absolute Gasteiger partial charge is 0.335 e. The van der Waals surface area contributed by atoms with Crippen LogP contribution in [-0.4, -0.2) is 67.8 Å². The molecule has 0 bridgehead atoms. The molecule has 2 N–H and O–H groups in total. The Labute approximate surface area is 233 Å². The maximum Gasteiger partial charge on any atom is 0.335 e. The summed E-state index contributed by atoms with van der Waals surface area (Å²) in [6, 6.07) is 18.7. The van der Waals surface area contributed by atoms with Crippen molar-refractivity contribution in [3.8, 4) is 5.69 Å². The van der Waals surface area contributed by atoms with Crippen molar-refractivity contribution >= 4 is 46.7 Å². The van der Waals surface area contributed by atoms with Crippen LogP contribution in [0.3, 0.4) is 0 Å². The molecule has 1 fully saturated rings. The molecule has 1 aliphatic heterocycles. The molecular formula is C28H23ClN6O5. The molecule has 40 heavy (non-hydrogen) atoms. The minimum absolute atomic E-state index is 0.0713. The maximum absolute atomic E-state index is 13.5. The minimum Gasteiger partial charge on any atom is -0.478 e. The second-order valence-corrected chi connectivity index (χ2v) is 9.50. The minimum atomic E-state index is -1.09. The number of carboxylic acids is 1. The number of nitrogens with one attached hydrogen (secondary N) is 1. The number of aromatic carboxylic acids is 1. The Morgan fingerprint density at radius 1 is 0.950 bits per heavy atom. The number of rotatable bonds is 8. The Balaban J connectivity index is 1.42. The van der Waals surface area contributed by atoms with Gasteiger partial charge in [0.2, 0.25) is 17.7 Å². The average Bonchev–Trinajstić information content (AvgIpc) is 3.48. The Bertz CT molecular complexity index is 1560. The summed E-state index contributed by atoms with van der Waals surface area (Å²) in [7, 11) is 0. The van der Waals surface area contributed by atoms with Gasteiger partial charge in [-0.1, -0.05) is 47.1 Å². The summed E-state index contributed by atoms with van der Waals surface area (Å²) in [5.41, 5.74) is 2.14. The van der Waals surface area contributed by atoms with Crippen molar-refractivity contribution in [1.82, 2.24) is 19.9 Å². The summed E-state index contributed by atoms with van der Waals surface area (Å²) in [5.74, 6) is -2.43. The first-order valence-electron chi connectivity index (χ1n) is 12.2. The van der Waals surface area contributed by atoms with E-state index in [1.165, 1.54) is 44.9 Å². The van der Waals surface area contributed by atoms with E-state index in [1.54, 1.807) is 24.4 Å². The van der Waals surface area contributed by atoms with Crippen LogP contribution >= 0.6 is 11.6 Å². The number of benzene rings is 3. The van der Waals surface area contributed by atoms with Gasteiger partial charge in [0.1, 0.15) is 19.1 Å². The van der Waals surface area contributed by atoms with E-state index in [1.807, 2.05) is 30.3 Å². The van der Waals surface area contributed by atoms with Crippen LogP contribution in [0, 0.1) is 0 Å². The number of hydrogen-bond acceptors (Lipinski definition) is 6. The van der Waals surface area contributed by atoms with Crippen molar-refractivity contribution in [2.24, 2.45) is 0 Å². The Hall–Kier alpha value is -5.03. The van der Waals surface area contributed by atoms with Gasteiger partial charge in [-0.2, -0.15) is 0 Å². The highest BCUT2D eigenvalue weighted by Gasteiger charge is 2.39. The third kappa shape index (κ3) is 5.69. The van der Waals surface area contributed by atoms with Crippen LogP contribution in [0.4, 0.5) is 11.4 Å². The van der Waals surface area contributed by atoms with Gasteiger partial charge < -0.3 is 15.3 Å². The summed E-state index contributed by atoms with van der Waals surface area (Å²) in [6.45, 7) is -0.655. The van der Waals surface area contributed by atoms with Gasteiger partial charge in [-0.15, -0.1) is 5.10 Å². The predicted molar refractivity (Wildman–Crippen MR) is 146 cm³/mol. The van der Waals surface area contributed by atoms with Crippen molar-refractivity contribution in [2.75, 3.05) is 23.3 Å². The lowest BCUT2D eigenvalue weighted by molar-refractivity contribution is -0.143. The normalized spacial score (nSPS) is 14.2. The second-order valence-electron chi connectivity index (χ2n) is 9.06. The van der Waals surface area contributed by atoms with Gasteiger partial charge in [-0.3, -0.25) is 19.3 Å². The zero-order chi connectivity index (χ0) is 28.2. The number of anilines is 2. The van der Waals surface area contributed by atoms with Crippen LogP contribution in [0.5, 0.6) is 0 Å². The molecule has 1 atom stereocenters. The molecule has 0 saturated carbocycles. The van der Waals surface area contributed by atoms with Crippen LogP contribution in [-0.2, 0) is 20.8 Å². The largest absolute Gasteiger partial charge is 0.478 e. The third-order valence-electron chi connectivity index (χ3n) is 6.47. The second kappa shape index (κ2) is 11.4. The quantitative estimate of drug-likeness (QED) is 0.339. The number of halogens is 1. The highest BCUT2D eigenvalue weighted by atomic mass is 35.5. The molecule has 12 heteroatoms. The van der Waals surface area contributed by atoms with E-state index in [4.69, 9.17) is 16.7 Å². The first kappa shape index (κ1) is 26.6. The van der Waals surface area contributed by atoms with Crippen LogP contribution in [0.2, 0.25) is 5.02 Å².